The molecule has 32 heavy (non-hydrogen) atoms. The van der Waals surface area contributed by atoms with Crippen LogP contribution in [-0.2, 0) is 4.79 Å². The predicted molar refractivity (Wildman–Crippen MR) is 126 cm³/mol. The first-order valence-corrected chi connectivity index (χ1v) is 11.1. The van der Waals surface area contributed by atoms with E-state index in [2.05, 4.69) is 15.5 Å². The number of nitrogens with one attached hydrogen (secondary N) is 1. The summed E-state index contributed by atoms with van der Waals surface area (Å²) >= 11 is 1.36. The number of hydrogen-bond acceptors (Lipinski definition) is 5. The largest absolute Gasteiger partial charge is 0.497 e. The molecule has 0 aliphatic heterocycles. The molecule has 162 valence electrons. The highest BCUT2D eigenvalue weighted by Gasteiger charge is 2.23. The van der Waals surface area contributed by atoms with Gasteiger partial charge >= 0.3 is 0 Å². The highest BCUT2D eigenvalue weighted by molar-refractivity contribution is 8.00. The van der Waals surface area contributed by atoms with Gasteiger partial charge in [0.05, 0.1) is 24.1 Å². The van der Waals surface area contributed by atoms with Gasteiger partial charge < -0.3 is 10.1 Å². The van der Waals surface area contributed by atoms with Crippen molar-refractivity contribution in [3.8, 4) is 11.4 Å². The number of thioether (sulfide) groups is 1. The molecule has 0 unspecified atom stereocenters. The average Bonchev–Trinajstić information content (AvgIpc) is 3.31. The average molecular weight is 445 g/mol. The number of benzene rings is 3. The van der Waals surface area contributed by atoms with E-state index in [-0.39, 0.29) is 17.2 Å². The van der Waals surface area contributed by atoms with Gasteiger partial charge in [0.25, 0.3) is 0 Å². The molecule has 4 rings (SSSR count). The van der Waals surface area contributed by atoms with Gasteiger partial charge in [-0.15, -0.1) is 10.2 Å². The van der Waals surface area contributed by atoms with Crippen LogP contribution in [0.2, 0.25) is 0 Å². The van der Waals surface area contributed by atoms with E-state index in [1.165, 1.54) is 11.8 Å². The monoisotopic (exact) mass is 444 g/mol. The lowest BCUT2D eigenvalue weighted by Gasteiger charge is -2.22. The summed E-state index contributed by atoms with van der Waals surface area (Å²) in [5.74, 6) is 0.666. The van der Waals surface area contributed by atoms with E-state index < -0.39 is 0 Å². The Morgan fingerprint density at radius 1 is 0.969 bits per heavy atom. The van der Waals surface area contributed by atoms with Gasteiger partial charge in [-0.25, -0.2) is 0 Å². The van der Waals surface area contributed by atoms with E-state index in [0.717, 1.165) is 22.6 Å². The third-order valence-corrected chi connectivity index (χ3v) is 6.11. The number of carbonyl (C=O) groups is 1. The molecule has 7 heteroatoms. The summed E-state index contributed by atoms with van der Waals surface area (Å²) in [7, 11) is 1.63. The summed E-state index contributed by atoms with van der Waals surface area (Å²) in [4.78, 5) is 13.2. The molecule has 0 aliphatic carbocycles. The van der Waals surface area contributed by atoms with Crippen molar-refractivity contribution in [3.05, 3.63) is 102 Å². The molecule has 0 fully saturated rings. The second-order valence-electron chi connectivity index (χ2n) is 7.21. The highest BCUT2D eigenvalue weighted by atomic mass is 32.2. The summed E-state index contributed by atoms with van der Waals surface area (Å²) < 4.78 is 7.16. The molecule has 1 atom stereocenters. The maximum atomic E-state index is 13.2. The van der Waals surface area contributed by atoms with Crippen molar-refractivity contribution in [3.63, 3.8) is 0 Å². The Hall–Kier alpha value is -3.58. The number of carbonyl (C=O) groups excluding carboxylic acids is 1. The highest BCUT2D eigenvalue weighted by Crippen LogP contribution is 2.27. The van der Waals surface area contributed by atoms with Crippen molar-refractivity contribution < 1.29 is 9.53 Å². The Bertz CT molecular complexity index is 1130. The number of ether oxygens (including phenoxy) is 1. The molecule has 0 saturated carbocycles. The Morgan fingerprint density at radius 3 is 2.25 bits per heavy atom. The minimum Gasteiger partial charge on any atom is -0.497 e. The molecule has 3 aromatic carbocycles. The van der Waals surface area contributed by atoms with Gasteiger partial charge in [-0.1, -0.05) is 78.5 Å². The maximum absolute atomic E-state index is 13.2. The van der Waals surface area contributed by atoms with Crippen molar-refractivity contribution >= 4 is 17.7 Å². The molecule has 1 heterocycles. The molecule has 0 bridgehead atoms. The van der Waals surface area contributed by atoms with E-state index in [1.54, 1.807) is 13.4 Å². The molecule has 4 aromatic rings. The van der Waals surface area contributed by atoms with Crippen LogP contribution < -0.4 is 10.1 Å². The smallest absolute Gasteiger partial charge is 0.234 e. The number of nitrogens with zero attached hydrogens (tertiary/aromatic N) is 3. The lowest BCUT2D eigenvalue weighted by atomic mass is 9.98. The Labute approximate surface area is 191 Å². The van der Waals surface area contributed by atoms with E-state index in [9.17, 15) is 4.79 Å². The lowest BCUT2D eigenvalue weighted by Crippen LogP contribution is -2.35. The molecule has 1 N–H and O–H groups in total. The molecule has 0 aliphatic rings. The molecular formula is C25H24N4O2S. The first-order valence-electron chi connectivity index (χ1n) is 10.3. The van der Waals surface area contributed by atoms with Crippen LogP contribution >= 0.6 is 11.8 Å². The van der Waals surface area contributed by atoms with Crippen LogP contribution in [0.25, 0.3) is 5.69 Å². The van der Waals surface area contributed by atoms with E-state index in [0.29, 0.717) is 5.16 Å². The molecule has 0 radical (unpaired) electrons. The zero-order valence-corrected chi connectivity index (χ0v) is 18.7. The summed E-state index contributed by atoms with van der Waals surface area (Å²) in [5.41, 5.74) is 2.93. The number of hydrogen-bond donors (Lipinski definition) is 1. The van der Waals surface area contributed by atoms with Crippen LogP contribution in [0.5, 0.6) is 5.75 Å². The maximum Gasteiger partial charge on any atom is 0.234 e. The third kappa shape index (κ3) is 5.00. The van der Waals surface area contributed by atoms with Crippen molar-refractivity contribution in [2.75, 3.05) is 7.11 Å². The van der Waals surface area contributed by atoms with E-state index in [4.69, 9.17) is 4.74 Å². The van der Waals surface area contributed by atoms with Crippen molar-refractivity contribution in [1.82, 2.24) is 20.1 Å². The topological polar surface area (TPSA) is 69.0 Å². The van der Waals surface area contributed by atoms with Gasteiger partial charge in [-0.3, -0.25) is 9.36 Å². The minimum absolute atomic E-state index is 0.0760. The Kier molecular flexibility index (Phi) is 6.87. The lowest BCUT2D eigenvalue weighted by molar-refractivity contribution is -0.120. The van der Waals surface area contributed by atoms with Crippen LogP contribution in [0.3, 0.4) is 0 Å². The van der Waals surface area contributed by atoms with Crippen molar-refractivity contribution in [1.29, 1.82) is 0 Å². The fourth-order valence-electron chi connectivity index (χ4n) is 3.36. The third-order valence-electron chi connectivity index (χ3n) is 5.05. The fourth-order valence-corrected chi connectivity index (χ4v) is 4.22. The van der Waals surface area contributed by atoms with Gasteiger partial charge in [0.2, 0.25) is 5.91 Å². The number of amides is 1. The van der Waals surface area contributed by atoms with Crippen LogP contribution in [0, 0.1) is 0 Å². The van der Waals surface area contributed by atoms with Crippen LogP contribution in [0.1, 0.15) is 24.1 Å². The molecule has 0 saturated heterocycles. The van der Waals surface area contributed by atoms with Crippen molar-refractivity contribution in [2.45, 2.75) is 23.4 Å². The molecule has 1 aromatic heterocycles. The fraction of sp³-hybridized carbons (Fsp3) is 0.160. The second-order valence-corrected chi connectivity index (χ2v) is 8.52. The molecule has 6 nitrogen and oxygen atoms in total. The number of rotatable bonds is 8. The van der Waals surface area contributed by atoms with Gasteiger partial charge in [0, 0.05) is 6.07 Å². The predicted octanol–water partition coefficient (Wildman–Crippen LogP) is 4.66. The van der Waals surface area contributed by atoms with Gasteiger partial charge in [-0.2, -0.15) is 0 Å². The molecular weight excluding hydrogens is 420 g/mol. The summed E-state index contributed by atoms with van der Waals surface area (Å²) in [5, 5.41) is 11.7. The standard InChI is InChI=1S/C25H24N4O2S/c1-18(32-25-28-26-17-29(25)21-14-9-15-22(16-21)31-2)24(30)27-23(19-10-5-3-6-11-19)20-12-7-4-8-13-20/h3-18,23H,1-2H3,(H,27,30)/t18-/m1/s1. The van der Waals surface area contributed by atoms with Crippen molar-refractivity contribution in [2.24, 2.45) is 0 Å². The number of aromatic nitrogens is 3. The first kappa shape index (κ1) is 21.6. The Morgan fingerprint density at radius 2 is 1.62 bits per heavy atom. The van der Waals surface area contributed by atoms with Crippen LogP contribution in [0.15, 0.2) is 96.4 Å². The quantitative estimate of drug-likeness (QED) is 0.400. The van der Waals surface area contributed by atoms with Crippen LogP contribution in [-0.4, -0.2) is 33.0 Å². The second kappa shape index (κ2) is 10.2. The van der Waals surface area contributed by atoms with Crippen LogP contribution in [0.4, 0.5) is 0 Å². The molecule has 0 spiro atoms. The minimum atomic E-state index is -0.376. The van der Waals surface area contributed by atoms with Gasteiger partial charge in [0.15, 0.2) is 5.16 Å². The zero-order chi connectivity index (χ0) is 22.3. The van der Waals surface area contributed by atoms with Gasteiger partial charge in [0.1, 0.15) is 12.1 Å². The molecule has 1 amide bonds. The summed E-state index contributed by atoms with van der Waals surface area (Å²) in [6.45, 7) is 1.87. The summed E-state index contributed by atoms with van der Waals surface area (Å²) in [6.07, 6.45) is 1.64. The van der Waals surface area contributed by atoms with E-state index in [1.807, 2.05) is 96.4 Å². The van der Waals surface area contributed by atoms with E-state index >= 15 is 0 Å². The normalized spacial score (nSPS) is 11.8. The first-order chi connectivity index (χ1) is 15.7. The van der Waals surface area contributed by atoms with Gasteiger partial charge in [-0.05, 0) is 30.2 Å². The zero-order valence-electron chi connectivity index (χ0n) is 17.9. The SMILES string of the molecule is COc1cccc(-n2cnnc2S[C@H](C)C(=O)NC(c2ccccc2)c2ccccc2)c1. The Balaban J connectivity index is 1.52. The number of methoxy groups -OCH3 is 1. The summed E-state index contributed by atoms with van der Waals surface area (Å²) in [6, 6.07) is 27.3.